The van der Waals surface area contributed by atoms with Gasteiger partial charge in [-0.3, -0.25) is 4.99 Å². The molecule has 0 spiro atoms. The SMILES string of the molecule is Cl.NC(=NCCN1CCCC1)C1COc2ccccc2O1.O. The summed E-state index contributed by atoms with van der Waals surface area (Å²) in [6.45, 7) is 4.51. The van der Waals surface area contributed by atoms with Crippen LogP contribution in [0.25, 0.3) is 0 Å². The monoisotopic (exact) mass is 329 g/mol. The Morgan fingerprint density at radius 3 is 2.64 bits per heavy atom. The second kappa shape index (κ2) is 8.82. The third-order valence-corrected chi connectivity index (χ3v) is 3.75. The van der Waals surface area contributed by atoms with Crippen molar-refractivity contribution in [3.05, 3.63) is 24.3 Å². The molecule has 0 saturated carbocycles. The van der Waals surface area contributed by atoms with Crippen LogP contribution < -0.4 is 15.2 Å². The first-order valence-corrected chi connectivity index (χ1v) is 7.23. The molecule has 0 aliphatic carbocycles. The number of fused-ring (bicyclic) bond motifs is 1. The predicted octanol–water partition coefficient (Wildman–Crippen LogP) is 0.876. The molecular formula is C15H24ClN3O3. The van der Waals surface area contributed by atoms with Crippen LogP contribution in [-0.4, -0.2) is 55.1 Å². The minimum absolute atomic E-state index is 0. The summed E-state index contributed by atoms with van der Waals surface area (Å²) in [7, 11) is 0. The smallest absolute Gasteiger partial charge is 0.189 e. The minimum Gasteiger partial charge on any atom is -0.485 e. The maximum Gasteiger partial charge on any atom is 0.189 e. The molecule has 1 aromatic carbocycles. The fourth-order valence-corrected chi connectivity index (χ4v) is 2.59. The zero-order valence-electron chi connectivity index (χ0n) is 12.5. The lowest BCUT2D eigenvalue weighted by Gasteiger charge is -2.26. The van der Waals surface area contributed by atoms with E-state index in [2.05, 4.69) is 9.89 Å². The molecule has 0 amide bonds. The first kappa shape index (κ1) is 18.5. The molecule has 2 heterocycles. The van der Waals surface area contributed by atoms with E-state index in [-0.39, 0.29) is 24.0 Å². The van der Waals surface area contributed by atoms with Gasteiger partial charge in [-0.05, 0) is 38.1 Å². The summed E-state index contributed by atoms with van der Waals surface area (Å²) in [5.41, 5.74) is 6.02. The Kier molecular flexibility index (Phi) is 7.44. The second-order valence-electron chi connectivity index (χ2n) is 5.22. The number of para-hydroxylation sites is 2. The first-order valence-electron chi connectivity index (χ1n) is 7.23. The number of likely N-dealkylation sites (tertiary alicyclic amines) is 1. The summed E-state index contributed by atoms with van der Waals surface area (Å²) >= 11 is 0. The van der Waals surface area contributed by atoms with Crippen LogP contribution in [0.4, 0.5) is 0 Å². The summed E-state index contributed by atoms with van der Waals surface area (Å²) < 4.78 is 11.5. The number of aliphatic imine (C=N–C) groups is 1. The third kappa shape index (κ3) is 4.50. The first-order chi connectivity index (χ1) is 9.83. The highest BCUT2D eigenvalue weighted by atomic mass is 35.5. The van der Waals surface area contributed by atoms with Crippen LogP contribution in [0.15, 0.2) is 29.3 Å². The van der Waals surface area contributed by atoms with E-state index in [1.165, 1.54) is 25.9 Å². The van der Waals surface area contributed by atoms with E-state index < -0.39 is 0 Å². The van der Waals surface area contributed by atoms with Gasteiger partial charge in [0.05, 0.1) is 6.54 Å². The van der Waals surface area contributed by atoms with E-state index in [9.17, 15) is 0 Å². The van der Waals surface area contributed by atoms with Crippen LogP contribution in [0.2, 0.25) is 0 Å². The predicted molar refractivity (Wildman–Crippen MR) is 89.4 cm³/mol. The molecule has 4 N–H and O–H groups in total. The van der Waals surface area contributed by atoms with Crippen LogP contribution in [0.3, 0.4) is 0 Å². The molecule has 0 aromatic heterocycles. The number of nitrogens with two attached hydrogens (primary N) is 1. The molecule has 1 aromatic rings. The van der Waals surface area contributed by atoms with Gasteiger partial charge in [-0.2, -0.15) is 0 Å². The van der Waals surface area contributed by atoms with Crippen molar-refractivity contribution >= 4 is 18.2 Å². The molecule has 6 nitrogen and oxygen atoms in total. The van der Waals surface area contributed by atoms with Gasteiger partial charge >= 0.3 is 0 Å². The Bertz CT molecular complexity index is 493. The van der Waals surface area contributed by atoms with Crippen molar-refractivity contribution in [3.8, 4) is 11.5 Å². The molecule has 1 fully saturated rings. The standard InChI is InChI=1S/C15H21N3O2.ClH.H2O/c16-15(17-7-10-18-8-3-4-9-18)14-11-19-12-5-1-2-6-13(12)20-14;;/h1-2,5-6,14H,3-4,7-11H2,(H2,16,17);1H;1H2. The van der Waals surface area contributed by atoms with E-state index in [0.717, 1.165) is 24.6 Å². The van der Waals surface area contributed by atoms with E-state index in [1.807, 2.05) is 24.3 Å². The van der Waals surface area contributed by atoms with Gasteiger partial charge in [-0.25, -0.2) is 0 Å². The molecule has 2 aliphatic rings. The van der Waals surface area contributed by atoms with Crippen LogP contribution in [-0.2, 0) is 0 Å². The van der Waals surface area contributed by atoms with Gasteiger partial charge in [0, 0.05) is 6.54 Å². The summed E-state index contributed by atoms with van der Waals surface area (Å²) in [6.07, 6.45) is 2.33. The van der Waals surface area contributed by atoms with E-state index in [1.54, 1.807) is 0 Å². The Morgan fingerprint density at radius 2 is 1.91 bits per heavy atom. The highest BCUT2D eigenvalue weighted by Gasteiger charge is 2.23. The highest BCUT2D eigenvalue weighted by Crippen LogP contribution is 2.30. The Labute approximate surface area is 137 Å². The van der Waals surface area contributed by atoms with Gasteiger partial charge in [-0.1, -0.05) is 12.1 Å². The fraction of sp³-hybridized carbons (Fsp3) is 0.533. The van der Waals surface area contributed by atoms with Crippen molar-refractivity contribution in [1.82, 2.24) is 4.90 Å². The number of halogens is 1. The number of amidine groups is 1. The number of rotatable bonds is 4. The van der Waals surface area contributed by atoms with Gasteiger partial charge < -0.3 is 25.6 Å². The zero-order chi connectivity index (χ0) is 13.8. The largest absolute Gasteiger partial charge is 0.485 e. The number of ether oxygens (including phenoxy) is 2. The Hall–Kier alpha value is -1.50. The van der Waals surface area contributed by atoms with Crippen molar-refractivity contribution < 1.29 is 14.9 Å². The molecular weight excluding hydrogens is 306 g/mol. The molecule has 1 unspecified atom stereocenters. The summed E-state index contributed by atoms with van der Waals surface area (Å²) in [5, 5.41) is 0. The molecule has 22 heavy (non-hydrogen) atoms. The van der Waals surface area contributed by atoms with Gasteiger partial charge in [0.1, 0.15) is 12.4 Å². The fourth-order valence-electron chi connectivity index (χ4n) is 2.59. The molecule has 3 rings (SSSR count). The van der Waals surface area contributed by atoms with Crippen molar-refractivity contribution in [2.24, 2.45) is 10.7 Å². The van der Waals surface area contributed by atoms with Gasteiger partial charge in [-0.15, -0.1) is 12.4 Å². The summed E-state index contributed by atoms with van der Waals surface area (Å²) in [6, 6.07) is 7.63. The third-order valence-electron chi connectivity index (χ3n) is 3.75. The lowest BCUT2D eigenvalue weighted by atomic mass is 10.2. The molecule has 7 heteroatoms. The van der Waals surface area contributed by atoms with Gasteiger partial charge in [0.2, 0.25) is 0 Å². The van der Waals surface area contributed by atoms with Crippen molar-refractivity contribution in [3.63, 3.8) is 0 Å². The quantitative estimate of drug-likeness (QED) is 0.655. The van der Waals surface area contributed by atoms with Crippen molar-refractivity contribution in [2.75, 3.05) is 32.8 Å². The molecule has 1 saturated heterocycles. The molecule has 0 radical (unpaired) electrons. The van der Waals surface area contributed by atoms with Crippen LogP contribution >= 0.6 is 12.4 Å². The van der Waals surface area contributed by atoms with Gasteiger partial charge in [0.25, 0.3) is 0 Å². The van der Waals surface area contributed by atoms with Crippen LogP contribution in [0, 0.1) is 0 Å². The Morgan fingerprint density at radius 1 is 1.23 bits per heavy atom. The van der Waals surface area contributed by atoms with Crippen molar-refractivity contribution in [1.29, 1.82) is 0 Å². The van der Waals surface area contributed by atoms with Crippen LogP contribution in [0.5, 0.6) is 11.5 Å². The molecule has 0 bridgehead atoms. The normalized spacial score (nSPS) is 20.9. The lowest BCUT2D eigenvalue weighted by Crippen LogP contribution is -2.41. The lowest BCUT2D eigenvalue weighted by molar-refractivity contribution is 0.134. The number of benzene rings is 1. The summed E-state index contributed by atoms with van der Waals surface area (Å²) in [5.74, 6) is 2.04. The highest BCUT2D eigenvalue weighted by molar-refractivity contribution is 5.86. The Balaban J connectivity index is 0.00000121. The van der Waals surface area contributed by atoms with Crippen molar-refractivity contribution in [2.45, 2.75) is 18.9 Å². The van der Waals surface area contributed by atoms with Gasteiger partial charge in [0.15, 0.2) is 17.6 Å². The average molecular weight is 330 g/mol. The van der Waals surface area contributed by atoms with E-state index >= 15 is 0 Å². The van der Waals surface area contributed by atoms with Crippen LogP contribution in [0.1, 0.15) is 12.8 Å². The number of hydrogen-bond acceptors (Lipinski definition) is 4. The topological polar surface area (TPSA) is 91.6 Å². The average Bonchev–Trinajstić information content (AvgIpc) is 3.00. The van der Waals surface area contributed by atoms with E-state index in [0.29, 0.717) is 12.4 Å². The second-order valence-corrected chi connectivity index (χ2v) is 5.22. The molecule has 124 valence electrons. The number of hydrogen-bond donors (Lipinski definition) is 1. The van der Waals surface area contributed by atoms with E-state index in [4.69, 9.17) is 15.2 Å². The maximum absolute atomic E-state index is 6.02. The minimum atomic E-state index is -0.275. The number of nitrogens with zero attached hydrogens (tertiary/aromatic N) is 2. The molecule has 1 atom stereocenters. The molecule has 2 aliphatic heterocycles. The maximum atomic E-state index is 6.02. The zero-order valence-corrected chi connectivity index (χ0v) is 13.3. The summed E-state index contributed by atoms with van der Waals surface area (Å²) in [4.78, 5) is 6.85.